The Bertz CT molecular complexity index is 515. The highest BCUT2D eigenvalue weighted by Crippen LogP contribution is 2.37. The van der Waals surface area contributed by atoms with E-state index < -0.39 is 5.41 Å². The van der Waals surface area contributed by atoms with Crippen molar-refractivity contribution >= 4 is 17.4 Å². The van der Waals surface area contributed by atoms with Gasteiger partial charge in [0.25, 0.3) is 0 Å². The van der Waals surface area contributed by atoms with Gasteiger partial charge in [-0.3, -0.25) is 9.59 Å². The average molecular weight is 245 g/mol. The minimum Gasteiger partial charge on any atom is -0.325 e. The van der Waals surface area contributed by atoms with Crippen LogP contribution < -0.4 is 5.32 Å². The maximum absolute atomic E-state index is 12.0. The summed E-state index contributed by atoms with van der Waals surface area (Å²) in [6.07, 6.45) is 0.542. The molecule has 0 aliphatic carbocycles. The van der Waals surface area contributed by atoms with E-state index in [1.807, 2.05) is 39.8 Å². The van der Waals surface area contributed by atoms with Crippen LogP contribution in [0.4, 0.5) is 5.69 Å². The minimum absolute atomic E-state index is 0.00837. The Morgan fingerprint density at radius 1 is 1.33 bits per heavy atom. The maximum atomic E-state index is 12.0. The van der Waals surface area contributed by atoms with Crippen molar-refractivity contribution in [3.63, 3.8) is 0 Å². The van der Waals surface area contributed by atoms with Crippen LogP contribution in [0.1, 0.15) is 50.0 Å². The molecule has 0 radical (unpaired) electrons. The zero-order valence-electron chi connectivity index (χ0n) is 11.3. The van der Waals surface area contributed by atoms with E-state index in [1.54, 1.807) is 6.07 Å². The number of Topliss-reactive ketones (excluding diaryl/α,β-unsaturated/α-hetero) is 1. The number of fused-ring (bicyclic) bond motifs is 1. The Morgan fingerprint density at radius 3 is 2.61 bits per heavy atom. The lowest BCUT2D eigenvalue weighted by Crippen LogP contribution is -2.27. The van der Waals surface area contributed by atoms with Gasteiger partial charge in [0.1, 0.15) is 0 Å². The summed E-state index contributed by atoms with van der Waals surface area (Å²) in [7, 11) is 0. The number of anilines is 1. The van der Waals surface area contributed by atoms with Crippen LogP contribution in [0, 0.1) is 5.92 Å². The molecular formula is C15H19NO2. The van der Waals surface area contributed by atoms with E-state index in [9.17, 15) is 9.59 Å². The van der Waals surface area contributed by atoms with Crippen molar-refractivity contribution in [2.45, 2.75) is 39.5 Å². The zero-order valence-corrected chi connectivity index (χ0v) is 11.3. The number of benzene rings is 1. The van der Waals surface area contributed by atoms with Crippen molar-refractivity contribution in [3.05, 3.63) is 29.3 Å². The second kappa shape index (κ2) is 4.23. The summed E-state index contributed by atoms with van der Waals surface area (Å²) in [5.41, 5.74) is 1.89. The molecule has 1 amide bonds. The fourth-order valence-electron chi connectivity index (χ4n) is 2.23. The van der Waals surface area contributed by atoms with Gasteiger partial charge in [-0.1, -0.05) is 13.8 Å². The van der Waals surface area contributed by atoms with Gasteiger partial charge in [0.05, 0.1) is 5.41 Å². The minimum atomic E-state index is -0.552. The smallest absolute Gasteiger partial charge is 0.234 e. The number of hydrogen-bond donors (Lipinski definition) is 1. The Morgan fingerprint density at radius 2 is 2.00 bits per heavy atom. The van der Waals surface area contributed by atoms with Crippen molar-refractivity contribution in [3.8, 4) is 0 Å². The highest BCUT2D eigenvalue weighted by Gasteiger charge is 2.38. The summed E-state index contributed by atoms with van der Waals surface area (Å²) in [5, 5.41) is 2.84. The molecule has 1 aromatic carbocycles. The van der Waals surface area contributed by atoms with E-state index in [0.29, 0.717) is 17.9 Å². The summed E-state index contributed by atoms with van der Waals surface area (Å²) >= 11 is 0. The number of rotatable bonds is 3. The highest BCUT2D eigenvalue weighted by atomic mass is 16.2. The molecule has 1 aromatic rings. The summed E-state index contributed by atoms with van der Waals surface area (Å²) in [5.74, 6) is 0.479. The van der Waals surface area contributed by atoms with Crippen molar-refractivity contribution in [2.75, 3.05) is 5.32 Å². The summed E-state index contributed by atoms with van der Waals surface area (Å²) in [4.78, 5) is 23.9. The fourth-order valence-corrected chi connectivity index (χ4v) is 2.23. The second-order valence-corrected chi connectivity index (χ2v) is 5.86. The first-order valence-electron chi connectivity index (χ1n) is 6.31. The van der Waals surface area contributed by atoms with Gasteiger partial charge >= 0.3 is 0 Å². The van der Waals surface area contributed by atoms with Gasteiger partial charge in [0.15, 0.2) is 5.78 Å². The molecule has 96 valence electrons. The first-order valence-corrected chi connectivity index (χ1v) is 6.31. The molecule has 0 atom stereocenters. The number of carbonyl (C=O) groups excluding carboxylic acids is 2. The lowest BCUT2D eigenvalue weighted by molar-refractivity contribution is -0.119. The van der Waals surface area contributed by atoms with E-state index in [4.69, 9.17) is 0 Å². The molecular weight excluding hydrogens is 226 g/mol. The molecule has 3 heteroatoms. The van der Waals surface area contributed by atoms with Crippen LogP contribution in [-0.2, 0) is 10.2 Å². The van der Waals surface area contributed by atoms with Crippen LogP contribution in [-0.4, -0.2) is 11.7 Å². The highest BCUT2D eigenvalue weighted by molar-refractivity contribution is 6.07. The third kappa shape index (κ3) is 2.05. The predicted octanol–water partition coefficient (Wildman–Crippen LogP) is 3.15. The first kappa shape index (κ1) is 12.8. The number of ketones is 1. The Labute approximate surface area is 108 Å². The molecule has 0 saturated carbocycles. The molecule has 3 nitrogen and oxygen atoms in total. The van der Waals surface area contributed by atoms with Crippen LogP contribution in [0.5, 0.6) is 0 Å². The fraction of sp³-hybridized carbons (Fsp3) is 0.467. The van der Waals surface area contributed by atoms with Crippen LogP contribution in [0.3, 0.4) is 0 Å². The van der Waals surface area contributed by atoms with E-state index in [1.165, 1.54) is 0 Å². The Hall–Kier alpha value is -1.64. The quantitative estimate of drug-likeness (QED) is 0.831. The van der Waals surface area contributed by atoms with Gasteiger partial charge in [0.2, 0.25) is 5.91 Å². The molecule has 0 fully saturated rings. The largest absolute Gasteiger partial charge is 0.325 e. The van der Waals surface area contributed by atoms with Gasteiger partial charge in [-0.15, -0.1) is 0 Å². The first-order chi connectivity index (χ1) is 8.32. The van der Waals surface area contributed by atoms with Gasteiger partial charge < -0.3 is 5.32 Å². The molecule has 1 aliphatic rings. The molecule has 1 N–H and O–H groups in total. The van der Waals surface area contributed by atoms with E-state index >= 15 is 0 Å². The third-order valence-corrected chi connectivity index (χ3v) is 3.42. The average Bonchev–Trinajstić information content (AvgIpc) is 2.49. The summed E-state index contributed by atoms with van der Waals surface area (Å²) in [6.45, 7) is 7.82. The molecule has 1 aliphatic heterocycles. The van der Waals surface area contributed by atoms with Crippen LogP contribution >= 0.6 is 0 Å². The monoisotopic (exact) mass is 245 g/mol. The van der Waals surface area contributed by atoms with Crippen LogP contribution in [0.15, 0.2) is 18.2 Å². The molecule has 0 aromatic heterocycles. The van der Waals surface area contributed by atoms with Crippen molar-refractivity contribution < 1.29 is 9.59 Å². The van der Waals surface area contributed by atoms with Gasteiger partial charge in [-0.25, -0.2) is 0 Å². The molecule has 0 bridgehead atoms. The SMILES string of the molecule is CC(C)CC(=O)c1ccc2c(c1)C(C)(C)C(=O)N2. The molecule has 0 saturated heterocycles. The normalized spacial score (nSPS) is 16.6. The van der Waals surface area contributed by atoms with Gasteiger partial charge in [0, 0.05) is 17.7 Å². The summed E-state index contributed by atoms with van der Waals surface area (Å²) < 4.78 is 0. The van der Waals surface area contributed by atoms with Gasteiger partial charge in [-0.05, 0) is 43.5 Å². The molecule has 0 unspecified atom stereocenters. The zero-order chi connectivity index (χ0) is 13.5. The van der Waals surface area contributed by atoms with Crippen molar-refractivity contribution in [2.24, 2.45) is 5.92 Å². The second-order valence-electron chi connectivity index (χ2n) is 5.86. The number of amides is 1. The lowest BCUT2D eigenvalue weighted by atomic mass is 9.84. The predicted molar refractivity (Wildman–Crippen MR) is 71.9 cm³/mol. The Kier molecular flexibility index (Phi) is 3.01. The molecule has 18 heavy (non-hydrogen) atoms. The topological polar surface area (TPSA) is 46.2 Å². The standard InChI is InChI=1S/C15H19NO2/c1-9(2)7-13(17)10-5-6-12-11(8-10)15(3,4)14(18)16-12/h5-6,8-9H,7H2,1-4H3,(H,16,18). The Balaban J connectivity index is 2.37. The van der Waals surface area contributed by atoms with Crippen molar-refractivity contribution in [1.82, 2.24) is 0 Å². The van der Waals surface area contributed by atoms with E-state index in [2.05, 4.69) is 5.32 Å². The van der Waals surface area contributed by atoms with Gasteiger partial charge in [-0.2, -0.15) is 0 Å². The van der Waals surface area contributed by atoms with Crippen molar-refractivity contribution in [1.29, 1.82) is 0 Å². The third-order valence-electron chi connectivity index (χ3n) is 3.42. The summed E-state index contributed by atoms with van der Waals surface area (Å²) in [6, 6.07) is 5.48. The molecule has 1 heterocycles. The van der Waals surface area contributed by atoms with E-state index in [-0.39, 0.29) is 11.7 Å². The van der Waals surface area contributed by atoms with E-state index in [0.717, 1.165) is 11.3 Å². The maximum Gasteiger partial charge on any atom is 0.234 e. The molecule has 0 spiro atoms. The number of carbonyl (C=O) groups is 2. The van der Waals surface area contributed by atoms with Crippen LogP contribution in [0.25, 0.3) is 0 Å². The lowest BCUT2D eigenvalue weighted by Gasteiger charge is -2.15. The number of hydrogen-bond acceptors (Lipinski definition) is 2. The number of nitrogens with one attached hydrogen (secondary N) is 1. The van der Waals surface area contributed by atoms with Crippen LogP contribution in [0.2, 0.25) is 0 Å². The molecule has 2 rings (SSSR count).